The first-order chi connectivity index (χ1) is 79.2. The van der Waals surface area contributed by atoms with Gasteiger partial charge in [0.05, 0.1) is 55.2 Å². The van der Waals surface area contributed by atoms with Crippen molar-refractivity contribution < 1.29 is 27.4 Å². The second kappa shape index (κ2) is 40.2. The third-order valence-corrected chi connectivity index (χ3v) is 26.1. The molecule has 0 amide bonds. The Balaban J connectivity index is 0.000000173. The second-order valence-corrected chi connectivity index (χ2v) is 34.4. The third-order valence-electron chi connectivity index (χ3n) is 26.1. The number of hydrogen-bond acceptors (Lipinski definition) is 3. The maximum atomic E-state index is 8.64. The number of rotatable bonds is 21. The Morgan fingerprint density at radius 3 is 0.783 bits per heavy atom. The molecule has 25 rings (SSSR count). The highest BCUT2D eigenvalue weighted by molar-refractivity contribution is 6.13. The Labute approximate surface area is 864 Å². The normalized spacial score (nSPS) is 13.1. The molecule has 0 radical (unpaired) electrons. The van der Waals surface area contributed by atoms with Gasteiger partial charge in [0.25, 0.3) is 0 Å². The molecule has 0 bridgehead atoms. The van der Waals surface area contributed by atoms with Crippen molar-refractivity contribution in [2.45, 2.75) is 13.8 Å². The minimum absolute atomic E-state index is 0.0991. The van der Waals surface area contributed by atoms with Gasteiger partial charge in [-0.25, -0.2) is 0 Å². The minimum atomic E-state index is -0.459. The fourth-order valence-corrected chi connectivity index (χ4v) is 19.3. The first kappa shape index (κ1) is 68.3. The number of nitrogens with zero attached hydrogens (tertiary/aromatic N) is 5. The maximum Gasteiger partial charge on any atom is 0.0629 e. The molecule has 678 valence electrons. The highest BCUT2D eigenvalue weighted by Crippen LogP contribution is 2.48. The summed E-state index contributed by atoms with van der Waals surface area (Å²) in [7, 11) is 0. The van der Waals surface area contributed by atoms with Crippen LogP contribution in [0.5, 0.6) is 0 Å². The van der Waals surface area contributed by atoms with Gasteiger partial charge in [-0.05, 0) is 299 Å². The van der Waals surface area contributed by atoms with Crippen molar-refractivity contribution in [1.82, 2.24) is 9.13 Å². The van der Waals surface area contributed by atoms with Crippen molar-refractivity contribution in [1.29, 1.82) is 0 Å². The van der Waals surface area contributed by atoms with Gasteiger partial charge in [-0.2, -0.15) is 0 Å². The average Bonchev–Trinajstić information content (AvgIpc) is 1.62. The molecule has 23 aromatic carbocycles. The second-order valence-electron chi connectivity index (χ2n) is 34.4. The van der Waals surface area contributed by atoms with Crippen LogP contribution in [0.25, 0.3) is 177 Å². The average molecular weight is 1850 g/mol. The van der Waals surface area contributed by atoms with Gasteiger partial charge in [0.15, 0.2) is 0 Å². The quantitative estimate of drug-likeness (QED) is 0.0715. The molecule has 5 nitrogen and oxygen atoms in total. The molecule has 0 spiro atoms. The number of aromatic nitrogens is 2. The fourth-order valence-electron chi connectivity index (χ4n) is 19.3. The van der Waals surface area contributed by atoms with Crippen LogP contribution in [-0.4, -0.2) is 9.13 Å². The van der Waals surface area contributed by atoms with Crippen LogP contribution in [-0.2, 0) is 0 Å². The molecule has 0 aliphatic rings. The lowest BCUT2D eigenvalue weighted by Gasteiger charge is -2.28. The van der Waals surface area contributed by atoms with Crippen molar-refractivity contribution in [3.05, 3.63) is 576 Å². The molecule has 5 heteroatoms. The van der Waals surface area contributed by atoms with E-state index in [-0.39, 0.29) is 94.8 Å². The van der Waals surface area contributed by atoms with Gasteiger partial charge in [0.1, 0.15) is 0 Å². The van der Waals surface area contributed by atoms with Crippen LogP contribution in [0.15, 0.2) is 576 Å². The van der Waals surface area contributed by atoms with E-state index in [0.717, 1.165) is 150 Å². The molecular weight excluding hydrogens is 1730 g/mol. The van der Waals surface area contributed by atoms with E-state index < -0.39 is 48.3 Å². The summed E-state index contributed by atoms with van der Waals surface area (Å²) in [5, 5.41) is 6.58. The molecular formula is C138H101N5. The molecule has 0 saturated carbocycles. The van der Waals surface area contributed by atoms with Gasteiger partial charge >= 0.3 is 0 Å². The number of fused-ring (bicyclic) bond motifs is 7. The molecule has 0 aliphatic carbocycles. The van der Waals surface area contributed by atoms with Crippen molar-refractivity contribution >= 4 is 106 Å². The van der Waals surface area contributed by atoms with Crippen LogP contribution in [0.3, 0.4) is 0 Å². The zero-order chi connectivity index (χ0) is 113. The SMILES string of the molecule is CC.[2H]c1c([2H])c([2H])c(-c2ccc(N(c3ccc(-c4c([2H])c([2H])c([2H])c([2H])c4[2H])cc3)c3ccc(-c4ccc(-c5ccc6c(c5)c5ccccc5n6-c5ccc(-c6ccccc6)cc5)cc4)c4ccccc34)cc2)c([2H])c1[2H].[2H]c1c([2H])c([2H])c(-c2ccc(N(c3ccccc3)c3ccc(-c4cc(-c5ccc(N(c6ccccc6)c6ccc(-c7c([2H])c([2H])c([2H])c([2H])c7[2H])cc6)cc5)cc(-c5ccc6c(c5)c5ccccc5n6-c5ccccc5)c4)cc3)cc2)c([2H])c1[2H]. The van der Waals surface area contributed by atoms with Gasteiger partial charge in [-0.3, -0.25) is 0 Å². The van der Waals surface area contributed by atoms with E-state index in [1.165, 1.54) is 21.9 Å². The van der Waals surface area contributed by atoms with E-state index >= 15 is 0 Å². The summed E-state index contributed by atoms with van der Waals surface area (Å²) in [4.78, 5) is 6.32. The monoisotopic (exact) mass is 1850 g/mol. The molecule has 0 saturated heterocycles. The molecule has 2 aromatic heterocycles. The van der Waals surface area contributed by atoms with Crippen LogP contribution in [0.1, 0.15) is 41.3 Å². The molecule has 0 aliphatic heterocycles. The van der Waals surface area contributed by atoms with Crippen LogP contribution >= 0.6 is 0 Å². The van der Waals surface area contributed by atoms with Gasteiger partial charge in [-0.15, -0.1) is 0 Å². The van der Waals surface area contributed by atoms with E-state index in [4.69, 9.17) is 27.4 Å². The molecule has 0 fully saturated rings. The van der Waals surface area contributed by atoms with E-state index in [9.17, 15) is 0 Å². The summed E-state index contributed by atoms with van der Waals surface area (Å²) in [6.07, 6.45) is 0. The van der Waals surface area contributed by atoms with Crippen LogP contribution in [0.4, 0.5) is 51.2 Å². The van der Waals surface area contributed by atoms with Crippen LogP contribution < -0.4 is 14.7 Å². The molecule has 2 heterocycles. The van der Waals surface area contributed by atoms with Gasteiger partial charge < -0.3 is 23.8 Å². The lowest BCUT2D eigenvalue weighted by atomic mass is 9.92. The van der Waals surface area contributed by atoms with Crippen molar-refractivity contribution in [3.8, 4) is 123 Å². The van der Waals surface area contributed by atoms with E-state index in [2.05, 4.69) is 297 Å². The first-order valence-electron chi connectivity index (χ1n) is 57.7. The largest absolute Gasteiger partial charge is 0.311 e. The summed E-state index contributed by atoms with van der Waals surface area (Å²) >= 11 is 0. The smallest absolute Gasteiger partial charge is 0.0629 e. The number of anilines is 9. The Morgan fingerprint density at radius 1 is 0.154 bits per heavy atom. The summed E-state index contributed by atoms with van der Waals surface area (Å²) in [6, 6.07) is 147. The summed E-state index contributed by atoms with van der Waals surface area (Å²) in [5.74, 6) is 0. The van der Waals surface area contributed by atoms with Crippen molar-refractivity contribution in [2.75, 3.05) is 14.7 Å². The lowest BCUT2D eigenvalue weighted by molar-refractivity contribution is 1.18. The topological polar surface area (TPSA) is 19.6 Å². The third kappa shape index (κ3) is 18.0. The predicted octanol–water partition coefficient (Wildman–Crippen LogP) is 38.8. The highest BCUT2D eigenvalue weighted by Gasteiger charge is 2.24. The standard InChI is InChI=1S/C72H51N3.C64H44N2.C2H6/c1-6-18-52(19-7-1)54-30-39-65(40-31-54)73(62-22-10-3-11-23-62)67-43-34-56(35-44-67)59-48-60(50-61(49-59)58-38-47-72-70(51-58)69-28-16-17-29-71(69)75(72)64-26-14-5-15-27-64)57-36-45-68(46-37-57)74(63-24-12-4-13-25-63)66-41-32-55(33-42-66)53-20-8-2-9-21-53;1-4-14-45(15-5-1)48-28-35-54(36-29-48)65(55-37-30-49(31-38-55)46-16-6-2-7-17-46)63-43-41-57(58-20-10-11-21-59(58)63)52-26-24-51(25-27-52)53-34-42-64-61(44-53)60-22-12-13-23-62(60)66(64)56-39-32-50(33-40-56)47-18-8-3-9-19-47;1-2/h1-51H;1-44H;1-2H3/i1D,2D,6D,7D,8D,9D,18D,19D,20D,21D;1D,2D,4D,5D,6D,7D,14D,15D,16D,17D;. The number of hydrogen-bond donors (Lipinski definition) is 0. The lowest BCUT2D eigenvalue weighted by Crippen LogP contribution is -2.10. The fraction of sp³-hybridized carbons (Fsp3) is 0.0145. The van der Waals surface area contributed by atoms with Gasteiger partial charge in [0, 0.05) is 83.8 Å². The molecule has 25 aromatic rings. The Morgan fingerprint density at radius 2 is 0.399 bits per heavy atom. The molecule has 143 heavy (non-hydrogen) atoms. The Bertz CT molecular complexity index is 9630. The maximum absolute atomic E-state index is 8.64. The van der Waals surface area contributed by atoms with E-state index in [1.807, 2.05) is 147 Å². The predicted molar refractivity (Wildman–Crippen MR) is 609 cm³/mol. The van der Waals surface area contributed by atoms with Crippen LogP contribution in [0, 0.1) is 0 Å². The first-order valence-corrected chi connectivity index (χ1v) is 47.7. The van der Waals surface area contributed by atoms with Gasteiger partial charge in [0.2, 0.25) is 0 Å². The zero-order valence-corrected chi connectivity index (χ0v) is 78.0. The number of benzene rings is 23. The zero-order valence-electron chi connectivity index (χ0n) is 98.0. The molecule has 0 unspecified atom stereocenters. The summed E-state index contributed by atoms with van der Waals surface area (Å²) in [5.41, 5.74) is 29.3. The Kier molecular flexibility index (Phi) is 19.2. The van der Waals surface area contributed by atoms with Gasteiger partial charge in [-0.1, -0.05) is 408 Å². The van der Waals surface area contributed by atoms with Crippen molar-refractivity contribution in [2.24, 2.45) is 0 Å². The van der Waals surface area contributed by atoms with Crippen LogP contribution in [0.2, 0.25) is 0 Å². The molecule has 0 atom stereocenters. The highest BCUT2D eigenvalue weighted by atomic mass is 15.2. The number of para-hydroxylation sites is 5. The Hall–Kier alpha value is -18.7. The van der Waals surface area contributed by atoms with E-state index in [1.54, 1.807) is 48.5 Å². The van der Waals surface area contributed by atoms with Crippen molar-refractivity contribution in [3.63, 3.8) is 0 Å². The minimum Gasteiger partial charge on any atom is -0.311 e. The summed E-state index contributed by atoms with van der Waals surface area (Å²) in [6.45, 7) is 4.00. The van der Waals surface area contributed by atoms with E-state index in [0.29, 0.717) is 33.6 Å². The summed E-state index contributed by atoms with van der Waals surface area (Å²) < 4.78 is 172. The molecule has 0 N–H and O–H groups in total.